The Morgan fingerprint density at radius 1 is 1.56 bits per heavy atom. The number of hydrogen-bond acceptors (Lipinski definition) is 3. The van der Waals surface area contributed by atoms with Crippen molar-refractivity contribution < 1.29 is 9.53 Å². The van der Waals surface area contributed by atoms with Crippen LogP contribution in [-0.2, 0) is 9.53 Å². The van der Waals surface area contributed by atoms with E-state index in [0.29, 0.717) is 17.3 Å². The Hall–Kier alpha value is -0.810. The predicted octanol–water partition coefficient (Wildman–Crippen LogP) is 2.37. The number of hydrogen-bond donors (Lipinski definition) is 2. The second-order valence-electron chi connectivity index (χ2n) is 3.83. The number of methoxy groups -OCH3 is 1. The van der Waals surface area contributed by atoms with Crippen molar-refractivity contribution in [1.82, 2.24) is 0 Å². The van der Waals surface area contributed by atoms with Crippen LogP contribution in [0.1, 0.15) is 12.0 Å². The van der Waals surface area contributed by atoms with Gasteiger partial charge in [0.15, 0.2) is 0 Å². The number of rotatable bonds is 5. The van der Waals surface area contributed by atoms with E-state index in [4.69, 9.17) is 22.1 Å². The Balaban J connectivity index is 0.00000289. The van der Waals surface area contributed by atoms with Crippen molar-refractivity contribution in [3.8, 4) is 0 Å². The maximum Gasteiger partial charge on any atom is 0.227 e. The Kier molecular flexibility index (Phi) is 7.95. The molecule has 6 heteroatoms. The number of anilines is 1. The molecule has 0 aromatic heterocycles. The van der Waals surface area contributed by atoms with Gasteiger partial charge in [-0.15, -0.1) is 12.4 Å². The molecule has 3 N–H and O–H groups in total. The minimum Gasteiger partial charge on any atom is -0.380 e. The van der Waals surface area contributed by atoms with Crippen LogP contribution < -0.4 is 11.1 Å². The molecule has 0 aliphatic heterocycles. The van der Waals surface area contributed by atoms with Crippen molar-refractivity contribution in [2.75, 3.05) is 19.0 Å². The lowest BCUT2D eigenvalue weighted by atomic mass is 10.2. The van der Waals surface area contributed by atoms with E-state index in [1.54, 1.807) is 12.1 Å². The number of carbonyl (C=O) groups excluding carboxylic acids is 1. The zero-order chi connectivity index (χ0) is 12.8. The van der Waals surface area contributed by atoms with Gasteiger partial charge >= 0.3 is 0 Å². The molecule has 0 radical (unpaired) electrons. The van der Waals surface area contributed by atoms with Crippen LogP contribution in [0.5, 0.6) is 0 Å². The van der Waals surface area contributed by atoms with Crippen LogP contribution in [0.3, 0.4) is 0 Å². The summed E-state index contributed by atoms with van der Waals surface area (Å²) in [6.07, 6.45) is -0.0452. The summed E-state index contributed by atoms with van der Waals surface area (Å²) in [6, 6.07) is 5.46. The number of halogens is 2. The molecule has 1 unspecified atom stereocenters. The molecule has 1 atom stereocenters. The first-order chi connectivity index (χ1) is 8.06. The molecule has 0 spiro atoms. The SMILES string of the molecule is COC(CN)CC(=O)Nc1ccc(C)cc1Cl.Cl. The van der Waals surface area contributed by atoms with Gasteiger partial charge in [0.05, 0.1) is 23.2 Å². The number of amides is 1. The van der Waals surface area contributed by atoms with Gasteiger partial charge in [-0.1, -0.05) is 17.7 Å². The van der Waals surface area contributed by atoms with Gasteiger partial charge in [0.25, 0.3) is 0 Å². The summed E-state index contributed by atoms with van der Waals surface area (Å²) in [5.41, 5.74) is 7.10. The average Bonchev–Trinajstić information content (AvgIpc) is 2.29. The summed E-state index contributed by atoms with van der Waals surface area (Å²) in [6.45, 7) is 2.25. The van der Waals surface area contributed by atoms with Crippen molar-refractivity contribution in [1.29, 1.82) is 0 Å². The zero-order valence-electron chi connectivity index (χ0n) is 10.4. The van der Waals surface area contributed by atoms with Crippen LogP contribution in [0, 0.1) is 6.92 Å². The van der Waals surface area contributed by atoms with Crippen LogP contribution >= 0.6 is 24.0 Å². The van der Waals surface area contributed by atoms with Gasteiger partial charge in [-0.3, -0.25) is 4.79 Å². The third kappa shape index (κ3) is 5.23. The maximum atomic E-state index is 11.7. The summed E-state index contributed by atoms with van der Waals surface area (Å²) in [4.78, 5) is 11.7. The van der Waals surface area contributed by atoms with Gasteiger partial charge in [0.2, 0.25) is 5.91 Å². The van der Waals surface area contributed by atoms with Gasteiger partial charge in [-0.05, 0) is 24.6 Å². The third-order valence-corrected chi connectivity index (χ3v) is 2.72. The molecule has 0 fully saturated rings. The minimum absolute atomic E-state index is 0. The number of nitrogens with one attached hydrogen (secondary N) is 1. The molecule has 18 heavy (non-hydrogen) atoms. The van der Waals surface area contributed by atoms with E-state index in [-0.39, 0.29) is 30.8 Å². The molecule has 0 bridgehead atoms. The molecule has 1 amide bonds. The van der Waals surface area contributed by atoms with E-state index in [1.807, 2.05) is 13.0 Å². The topological polar surface area (TPSA) is 64.3 Å². The molecule has 102 valence electrons. The maximum absolute atomic E-state index is 11.7. The average molecular weight is 293 g/mol. The van der Waals surface area contributed by atoms with Crippen LogP contribution in [-0.4, -0.2) is 25.7 Å². The smallest absolute Gasteiger partial charge is 0.227 e. The second-order valence-corrected chi connectivity index (χ2v) is 4.24. The summed E-state index contributed by atoms with van der Waals surface area (Å²) >= 11 is 6.01. The lowest BCUT2D eigenvalue weighted by molar-refractivity contribution is -0.118. The molecule has 0 saturated heterocycles. The van der Waals surface area contributed by atoms with Gasteiger partial charge < -0.3 is 15.8 Å². The molecule has 0 aliphatic rings. The van der Waals surface area contributed by atoms with Crippen LogP contribution in [0.25, 0.3) is 0 Å². The highest BCUT2D eigenvalue weighted by Gasteiger charge is 2.12. The summed E-state index contributed by atoms with van der Waals surface area (Å²) < 4.78 is 5.04. The lowest BCUT2D eigenvalue weighted by Crippen LogP contribution is -2.28. The van der Waals surface area contributed by atoms with E-state index in [1.165, 1.54) is 7.11 Å². The molecule has 4 nitrogen and oxygen atoms in total. The molecule has 0 saturated carbocycles. The highest BCUT2D eigenvalue weighted by atomic mass is 35.5. The number of benzene rings is 1. The summed E-state index contributed by atoms with van der Waals surface area (Å²) in [5, 5.41) is 3.26. The normalized spacial score (nSPS) is 11.6. The summed E-state index contributed by atoms with van der Waals surface area (Å²) in [7, 11) is 1.53. The fourth-order valence-corrected chi connectivity index (χ4v) is 1.67. The lowest BCUT2D eigenvalue weighted by Gasteiger charge is -2.13. The van der Waals surface area contributed by atoms with E-state index in [0.717, 1.165) is 5.56 Å². The fraction of sp³-hybridized carbons (Fsp3) is 0.417. The largest absolute Gasteiger partial charge is 0.380 e. The van der Waals surface area contributed by atoms with Gasteiger partial charge in [0.1, 0.15) is 0 Å². The van der Waals surface area contributed by atoms with Crippen LogP contribution in [0.4, 0.5) is 5.69 Å². The van der Waals surface area contributed by atoms with Crippen LogP contribution in [0.15, 0.2) is 18.2 Å². The van der Waals surface area contributed by atoms with E-state index in [2.05, 4.69) is 5.32 Å². The first-order valence-corrected chi connectivity index (χ1v) is 5.73. The summed E-state index contributed by atoms with van der Waals surface area (Å²) in [5.74, 6) is -0.159. The first kappa shape index (κ1) is 17.2. The second kappa shape index (κ2) is 8.32. The van der Waals surface area contributed by atoms with Gasteiger partial charge in [-0.2, -0.15) is 0 Å². The molecular formula is C12H18Cl2N2O2. The number of aryl methyl sites for hydroxylation is 1. The minimum atomic E-state index is -0.265. The van der Waals surface area contributed by atoms with Crippen molar-refractivity contribution in [3.05, 3.63) is 28.8 Å². The molecule has 0 aliphatic carbocycles. The van der Waals surface area contributed by atoms with Gasteiger partial charge in [0, 0.05) is 13.7 Å². The van der Waals surface area contributed by atoms with Crippen molar-refractivity contribution in [2.24, 2.45) is 5.73 Å². The Bertz CT molecular complexity index is 396. The molecular weight excluding hydrogens is 275 g/mol. The molecule has 1 rings (SSSR count). The van der Waals surface area contributed by atoms with E-state index < -0.39 is 0 Å². The third-order valence-electron chi connectivity index (χ3n) is 2.41. The van der Waals surface area contributed by atoms with Crippen molar-refractivity contribution in [3.63, 3.8) is 0 Å². The molecule has 1 aromatic rings. The standard InChI is InChI=1S/C12H17ClN2O2.ClH/c1-8-3-4-11(10(13)5-8)15-12(16)6-9(7-14)17-2;/h3-5,9H,6-7,14H2,1-2H3,(H,15,16);1H. The first-order valence-electron chi connectivity index (χ1n) is 5.35. The predicted molar refractivity (Wildman–Crippen MR) is 76.5 cm³/mol. The highest BCUT2D eigenvalue weighted by Crippen LogP contribution is 2.22. The van der Waals surface area contributed by atoms with Crippen molar-refractivity contribution in [2.45, 2.75) is 19.4 Å². The Morgan fingerprint density at radius 3 is 2.72 bits per heavy atom. The van der Waals surface area contributed by atoms with Crippen LogP contribution in [0.2, 0.25) is 5.02 Å². The Labute approximate surface area is 118 Å². The zero-order valence-corrected chi connectivity index (χ0v) is 12.0. The fourth-order valence-electron chi connectivity index (χ4n) is 1.39. The monoisotopic (exact) mass is 292 g/mol. The van der Waals surface area contributed by atoms with E-state index >= 15 is 0 Å². The van der Waals surface area contributed by atoms with Gasteiger partial charge in [-0.25, -0.2) is 0 Å². The van der Waals surface area contributed by atoms with Crippen molar-refractivity contribution >= 4 is 35.6 Å². The van der Waals surface area contributed by atoms with E-state index in [9.17, 15) is 4.79 Å². The molecule has 0 heterocycles. The quantitative estimate of drug-likeness (QED) is 0.876. The highest BCUT2D eigenvalue weighted by molar-refractivity contribution is 6.33. The number of carbonyl (C=O) groups is 1. The Morgan fingerprint density at radius 2 is 2.22 bits per heavy atom. The number of nitrogens with two attached hydrogens (primary N) is 1. The molecule has 1 aromatic carbocycles. The number of ether oxygens (including phenoxy) is 1.